The third-order valence-corrected chi connectivity index (χ3v) is 4.29. The van der Waals surface area contributed by atoms with E-state index < -0.39 is 35.5 Å². The number of amides is 3. The molecule has 0 bridgehead atoms. The summed E-state index contributed by atoms with van der Waals surface area (Å²) in [5.41, 5.74) is 0.470. The van der Waals surface area contributed by atoms with Gasteiger partial charge in [-0.05, 0) is 6.92 Å². The zero-order chi connectivity index (χ0) is 18.4. The largest absolute Gasteiger partial charge is 0.352 e. The highest BCUT2D eigenvalue weighted by Gasteiger charge is 2.33. The van der Waals surface area contributed by atoms with E-state index in [1.165, 1.54) is 6.92 Å². The molecule has 0 radical (unpaired) electrons. The molecule has 9 heteroatoms. The van der Waals surface area contributed by atoms with E-state index in [2.05, 4.69) is 10.2 Å². The van der Waals surface area contributed by atoms with Gasteiger partial charge in [-0.1, -0.05) is 42.1 Å². The van der Waals surface area contributed by atoms with Crippen LogP contribution in [0.4, 0.5) is 0 Å². The fourth-order valence-corrected chi connectivity index (χ4v) is 2.73. The Morgan fingerprint density at radius 3 is 2.36 bits per heavy atom. The second-order valence-electron chi connectivity index (χ2n) is 5.18. The van der Waals surface area contributed by atoms with Crippen LogP contribution in [0.5, 0.6) is 0 Å². The first-order chi connectivity index (χ1) is 11.9. The summed E-state index contributed by atoms with van der Waals surface area (Å²) in [4.78, 5) is 62.8. The van der Waals surface area contributed by atoms with Crippen LogP contribution in [0.2, 0.25) is 0 Å². The lowest BCUT2D eigenvalue weighted by molar-refractivity contribution is -0.196. The van der Waals surface area contributed by atoms with Gasteiger partial charge in [-0.2, -0.15) is 0 Å². The highest BCUT2D eigenvalue weighted by atomic mass is 32.2. The number of imide groups is 1. The van der Waals surface area contributed by atoms with Crippen molar-refractivity contribution in [3.8, 4) is 0 Å². The molecular formula is C16H16N2O6S. The van der Waals surface area contributed by atoms with Crippen molar-refractivity contribution in [3.05, 3.63) is 35.9 Å². The molecule has 1 saturated heterocycles. The molecule has 0 aromatic heterocycles. The van der Waals surface area contributed by atoms with Crippen LogP contribution in [-0.4, -0.2) is 45.7 Å². The van der Waals surface area contributed by atoms with Crippen LogP contribution < -0.4 is 5.32 Å². The molecule has 0 spiro atoms. The summed E-state index contributed by atoms with van der Waals surface area (Å²) in [5, 5.41) is 1.72. The summed E-state index contributed by atoms with van der Waals surface area (Å²) in [5.74, 6) is -2.67. The van der Waals surface area contributed by atoms with Gasteiger partial charge in [-0.3, -0.25) is 19.2 Å². The zero-order valence-electron chi connectivity index (χ0n) is 13.4. The first kappa shape index (κ1) is 18.7. The van der Waals surface area contributed by atoms with Crippen LogP contribution in [0.15, 0.2) is 30.3 Å². The Labute approximate surface area is 147 Å². The van der Waals surface area contributed by atoms with Crippen LogP contribution in [0.1, 0.15) is 30.1 Å². The van der Waals surface area contributed by atoms with Crippen molar-refractivity contribution >= 4 is 40.6 Å². The minimum atomic E-state index is -0.941. The van der Waals surface area contributed by atoms with Crippen molar-refractivity contribution in [1.29, 1.82) is 0 Å². The smallest absolute Gasteiger partial charge is 0.344 e. The molecule has 2 rings (SSSR count). The van der Waals surface area contributed by atoms with E-state index in [4.69, 9.17) is 0 Å². The van der Waals surface area contributed by atoms with Gasteiger partial charge < -0.3 is 10.2 Å². The third-order valence-electron chi connectivity index (χ3n) is 3.27. The molecule has 1 aromatic carbocycles. The first-order valence-corrected chi connectivity index (χ1v) is 8.36. The Bertz CT molecular complexity index is 690. The van der Waals surface area contributed by atoms with Crippen LogP contribution in [0.3, 0.4) is 0 Å². The molecule has 1 fully saturated rings. The number of hydroxylamine groups is 2. The van der Waals surface area contributed by atoms with Crippen molar-refractivity contribution in [2.75, 3.05) is 6.54 Å². The second-order valence-corrected chi connectivity index (χ2v) is 6.49. The molecule has 25 heavy (non-hydrogen) atoms. The van der Waals surface area contributed by atoms with Gasteiger partial charge in [0.15, 0.2) is 0 Å². The van der Waals surface area contributed by atoms with Gasteiger partial charge >= 0.3 is 5.97 Å². The Hall–Kier alpha value is -2.68. The molecular weight excluding hydrogens is 348 g/mol. The fourth-order valence-electron chi connectivity index (χ4n) is 1.95. The van der Waals surface area contributed by atoms with Crippen molar-refractivity contribution in [3.63, 3.8) is 0 Å². The molecule has 1 heterocycles. The predicted octanol–water partition coefficient (Wildman–Crippen LogP) is 0.672. The molecule has 0 aliphatic carbocycles. The normalized spacial score (nSPS) is 15.0. The van der Waals surface area contributed by atoms with Crippen LogP contribution in [0.25, 0.3) is 0 Å². The zero-order valence-corrected chi connectivity index (χ0v) is 14.2. The van der Waals surface area contributed by atoms with E-state index in [1.54, 1.807) is 30.3 Å². The van der Waals surface area contributed by atoms with Crippen LogP contribution in [0, 0.1) is 0 Å². The Balaban J connectivity index is 1.77. The summed E-state index contributed by atoms with van der Waals surface area (Å²) in [7, 11) is 0. The molecule has 1 aliphatic rings. The highest BCUT2D eigenvalue weighted by molar-refractivity contribution is 8.15. The maximum absolute atomic E-state index is 12.0. The summed E-state index contributed by atoms with van der Waals surface area (Å²) in [6.07, 6.45) is -0.0124. The van der Waals surface area contributed by atoms with Gasteiger partial charge in [0.25, 0.3) is 11.8 Å². The van der Waals surface area contributed by atoms with Gasteiger partial charge in [0.1, 0.15) is 6.54 Å². The summed E-state index contributed by atoms with van der Waals surface area (Å²) >= 11 is 0.824. The lowest BCUT2D eigenvalue weighted by Crippen LogP contribution is -2.40. The molecule has 0 saturated carbocycles. The molecule has 1 aliphatic heterocycles. The highest BCUT2D eigenvalue weighted by Crippen LogP contribution is 2.18. The Morgan fingerprint density at radius 1 is 1.16 bits per heavy atom. The molecule has 132 valence electrons. The SMILES string of the molecule is CC(SC(=O)c1ccccc1)C(=O)NCC(=O)ON1C(=O)CCC1=O. The van der Waals surface area contributed by atoms with Crippen molar-refractivity contribution in [2.24, 2.45) is 0 Å². The number of nitrogens with zero attached hydrogens (tertiary/aromatic N) is 1. The molecule has 1 N–H and O–H groups in total. The summed E-state index contributed by atoms with van der Waals surface area (Å²) < 4.78 is 0. The first-order valence-electron chi connectivity index (χ1n) is 7.49. The lowest BCUT2D eigenvalue weighted by atomic mass is 10.2. The Kier molecular flexibility index (Phi) is 6.29. The third kappa shape index (κ3) is 5.15. The predicted molar refractivity (Wildman–Crippen MR) is 88.0 cm³/mol. The average Bonchev–Trinajstić information content (AvgIpc) is 2.92. The quantitative estimate of drug-likeness (QED) is 0.739. The molecule has 1 atom stereocenters. The maximum atomic E-state index is 12.0. The number of nitrogens with one attached hydrogen (secondary N) is 1. The molecule has 1 unspecified atom stereocenters. The fraction of sp³-hybridized carbons (Fsp3) is 0.312. The maximum Gasteiger partial charge on any atom is 0.352 e. The molecule has 1 aromatic rings. The number of hydrogen-bond acceptors (Lipinski definition) is 7. The second kappa shape index (κ2) is 8.43. The number of carbonyl (C=O) groups is 5. The number of hydrogen-bond donors (Lipinski definition) is 1. The van der Waals surface area contributed by atoms with Gasteiger partial charge in [0, 0.05) is 18.4 Å². The topological polar surface area (TPSA) is 110 Å². The monoisotopic (exact) mass is 364 g/mol. The van der Waals surface area contributed by atoms with Gasteiger partial charge in [0.2, 0.25) is 11.0 Å². The van der Waals surface area contributed by atoms with Crippen molar-refractivity contribution < 1.29 is 28.8 Å². The Morgan fingerprint density at radius 2 is 1.76 bits per heavy atom. The summed E-state index contributed by atoms with van der Waals surface area (Å²) in [6, 6.07) is 8.49. The van der Waals surface area contributed by atoms with Gasteiger partial charge in [-0.15, -0.1) is 5.06 Å². The van der Waals surface area contributed by atoms with E-state index in [-0.39, 0.29) is 18.0 Å². The minimum absolute atomic E-state index is 0.00621. The number of carbonyl (C=O) groups excluding carboxylic acids is 5. The summed E-state index contributed by atoms with van der Waals surface area (Å²) in [6.45, 7) is 1.01. The number of thioether (sulfide) groups is 1. The molecule has 3 amide bonds. The van der Waals surface area contributed by atoms with E-state index >= 15 is 0 Å². The van der Waals surface area contributed by atoms with E-state index in [0.29, 0.717) is 10.6 Å². The van der Waals surface area contributed by atoms with Crippen molar-refractivity contribution in [2.45, 2.75) is 25.0 Å². The van der Waals surface area contributed by atoms with Crippen molar-refractivity contribution in [1.82, 2.24) is 10.4 Å². The molecule has 8 nitrogen and oxygen atoms in total. The lowest BCUT2D eigenvalue weighted by Gasteiger charge is -2.14. The average molecular weight is 364 g/mol. The minimum Gasteiger partial charge on any atom is -0.344 e. The van der Waals surface area contributed by atoms with Gasteiger partial charge in [0.05, 0.1) is 5.25 Å². The number of benzene rings is 1. The van der Waals surface area contributed by atoms with Crippen LogP contribution in [-0.2, 0) is 24.0 Å². The van der Waals surface area contributed by atoms with E-state index in [0.717, 1.165) is 11.8 Å². The van der Waals surface area contributed by atoms with E-state index in [1.807, 2.05) is 0 Å². The van der Waals surface area contributed by atoms with E-state index in [9.17, 15) is 24.0 Å². The standard InChI is InChI=1S/C16H16N2O6S/c1-10(25-16(23)11-5-3-2-4-6-11)15(22)17-9-14(21)24-18-12(19)7-8-13(18)20/h2-6,10H,7-9H2,1H3,(H,17,22). The number of rotatable bonds is 6. The van der Waals surface area contributed by atoms with Crippen LogP contribution >= 0.6 is 11.8 Å². The van der Waals surface area contributed by atoms with Gasteiger partial charge in [-0.25, -0.2) is 4.79 Å².